The number of hydrogen-bond donors (Lipinski definition) is 0. The molecule has 0 spiro atoms. The lowest BCUT2D eigenvalue weighted by atomic mass is 10.0. The van der Waals surface area contributed by atoms with Gasteiger partial charge in [0.25, 0.3) is 0 Å². The summed E-state index contributed by atoms with van der Waals surface area (Å²) in [4.78, 5) is 4.56. The summed E-state index contributed by atoms with van der Waals surface area (Å²) in [6, 6.07) is 11.9. The van der Waals surface area contributed by atoms with E-state index in [1.165, 1.54) is 5.56 Å². The van der Waals surface area contributed by atoms with Crippen molar-refractivity contribution in [3.05, 3.63) is 58.4 Å². The molecule has 0 aliphatic rings. The fraction of sp³-hybridized carbons (Fsp3) is 0.125. The van der Waals surface area contributed by atoms with Crippen molar-refractivity contribution in [2.75, 3.05) is 0 Å². The Bertz CT molecular complexity index is 856. The zero-order valence-electron chi connectivity index (χ0n) is 11.2. The van der Waals surface area contributed by atoms with Gasteiger partial charge >= 0.3 is 0 Å². The van der Waals surface area contributed by atoms with Crippen molar-refractivity contribution in [2.24, 2.45) is 0 Å². The summed E-state index contributed by atoms with van der Waals surface area (Å²) in [5, 5.41) is 10.0. The highest BCUT2D eigenvalue weighted by atomic mass is 35.5. The largest absolute Gasteiger partial charge is 0.291 e. The number of pyridine rings is 1. The third kappa shape index (κ3) is 1.95. The molecule has 3 aromatic rings. The molecular weight excluding hydrogens is 270 g/mol. The maximum atomic E-state index is 9.44. The van der Waals surface area contributed by atoms with Crippen LogP contribution in [0.25, 0.3) is 16.9 Å². The molecule has 3 rings (SSSR count). The predicted molar refractivity (Wildman–Crippen MR) is 79.8 cm³/mol. The van der Waals surface area contributed by atoms with E-state index in [9.17, 15) is 5.26 Å². The summed E-state index contributed by atoms with van der Waals surface area (Å²) >= 11 is 5.99. The number of fused-ring (bicyclic) bond motifs is 1. The summed E-state index contributed by atoms with van der Waals surface area (Å²) in [5.74, 6) is 0. The Kier molecular flexibility index (Phi) is 2.96. The minimum atomic E-state index is 0.531. The number of benzene rings is 1. The van der Waals surface area contributed by atoms with Gasteiger partial charge in [-0.2, -0.15) is 5.26 Å². The first-order valence-corrected chi connectivity index (χ1v) is 6.63. The van der Waals surface area contributed by atoms with Crippen LogP contribution in [0, 0.1) is 25.2 Å². The number of halogens is 1. The molecule has 0 bridgehead atoms. The second-order valence-electron chi connectivity index (χ2n) is 4.81. The fourth-order valence-corrected chi connectivity index (χ4v) is 2.55. The number of nitriles is 1. The fourth-order valence-electron chi connectivity index (χ4n) is 2.39. The van der Waals surface area contributed by atoms with Crippen molar-refractivity contribution in [3.8, 4) is 17.3 Å². The van der Waals surface area contributed by atoms with Crippen molar-refractivity contribution in [3.63, 3.8) is 0 Å². The molecule has 20 heavy (non-hydrogen) atoms. The van der Waals surface area contributed by atoms with Crippen molar-refractivity contribution >= 4 is 17.2 Å². The van der Waals surface area contributed by atoms with Crippen molar-refractivity contribution in [1.82, 2.24) is 9.38 Å². The quantitative estimate of drug-likeness (QED) is 0.672. The number of rotatable bonds is 1. The number of hydrogen-bond acceptors (Lipinski definition) is 2. The first-order valence-electron chi connectivity index (χ1n) is 6.25. The van der Waals surface area contributed by atoms with Crippen LogP contribution < -0.4 is 0 Å². The number of nitrogens with zero attached hydrogens (tertiary/aromatic N) is 3. The Morgan fingerprint density at radius 1 is 1.20 bits per heavy atom. The summed E-state index contributed by atoms with van der Waals surface area (Å²) in [6.45, 7) is 4.08. The van der Waals surface area contributed by atoms with Crippen LogP contribution in [0.3, 0.4) is 0 Å². The number of imidazole rings is 1. The predicted octanol–water partition coefficient (Wildman–Crippen LogP) is 4.14. The Balaban J connectivity index is 2.33. The zero-order valence-corrected chi connectivity index (χ0v) is 11.9. The van der Waals surface area contributed by atoms with E-state index < -0.39 is 0 Å². The highest BCUT2D eigenvalue weighted by molar-refractivity contribution is 6.30. The van der Waals surface area contributed by atoms with Gasteiger partial charge in [0.05, 0.1) is 0 Å². The molecule has 1 aromatic carbocycles. The van der Waals surface area contributed by atoms with Gasteiger partial charge in [-0.05, 0) is 25.5 Å². The van der Waals surface area contributed by atoms with E-state index in [-0.39, 0.29) is 0 Å². The van der Waals surface area contributed by atoms with Crippen LogP contribution >= 0.6 is 11.6 Å². The highest BCUT2D eigenvalue weighted by Gasteiger charge is 2.15. The first-order chi connectivity index (χ1) is 9.60. The van der Waals surface area contributed by atoms with E-state index >= 15 is 0 Å². The third-order valence-corrected chi connectivity index (χ3v) is 3.57. The molecule has 4 heteroatoms. The van der Waals surface area contributed by atoms with Gasteiger partial charge in [-0.1, -0.05) is 35.4 Å². The van der Waals surface area contributed by atoms with Gasteiger partial charge < -0.3 is 0 Å². The molecule has 0 aliphatic carbocycles. The Morgan fingerprint density at radius 2 is 2.00 bits per heavy atom. The molecule has 0 amide bonds. The second kappa shape index (κ2) is 4.66. The molecule has 0 unspecified atom stereocenters. The van der Waals surface area contributed by atoms with E-state index in [1.54, 1.807) is 22.7 Å². The number of aromatic nitrogens is 2. The molecule has 0 fully saturated rings. The van der Waals surface area contributed by atoms with Crippen molar-refractivity contribution < 1.29 is 0 Å². The van der Waals surface area contributed by atoms with Gasteiger partial charge in [-0.3, -0.25) is 4.40 Å². The minimum absolute atomic E-state index is 0.531. The molecule has 0 N–H and O–H groups in total. The van der Waals surface area contributed by atoms with Crippen molar-refractivity contribution in [1.29, 1.82) is 5.26 Å². The molecule has 3 nitrogen and oxygen atoms in total. The van der Waals surface area contributed by atoms with E-state index in [0.29, 0.717) is 22.1 Å². The SMILES string of the molecule is Cc1ccc(-c2nc3cc(Cl)ccn3c2C#N)c(C)c1. The lowest BCUT2D eigenvalue weighted by Crippen LogP contribution is -1.90. The normalized spacial score (nSPS) is 10.7. The molecule has 2 heterocycles. The van der Waals surface area contributed by atoms with E-state index in [0.717, 1.165) is 11.1 Å². The minimum Gasteiger partial charge on any atom is -0.291 e. The molecule has 98 valence electrons. The summed E-state index contributed by atoms with van der Waals surface area (Å²) in [5.41, 5.74) is 5.19. The molecule has 0 saturated carbocycles. The molecule has 0 saturated heterocycles. The van der Waals surface area contributed by atoms with Gasteiger partial charge in [0.1, 0.15) is 17.4 Å². The van der Waals surface area contributed by atoms with Crippen LogP contribution in [-0.2, 0) is 0 Å². The Hall–Kier alpha value is -2.31. The van der Waals surface area contributed by atoms with Gasteiger partial charge in [0.15, 0.2) is 5.69 Å². The Labute approximate surface area is 122 Å². The monoisotopic (exact) mass is 281 g/mol. The van der Waals surface area contributed by atoms with Gasteiger partial charge in [0.2, 0.25) is 0 Å². The van der Waals surface area contributed by atoms with Crippen LogP contribution in [0.1, 0.15) is 16.8 Å². The molecule has 0 radical (unpaired) electrons. The maximum Gasteiger partial charge on any atom is 0.152 e. The van der Waals surface area contributed by atoms with Gasteiger partial charge in [-0.25, -0.2) is 4.98 Å². The van der Waals surface area contributed by atoms with Crippen LogP contribution in [0.2, 0.25) is 5.02 Å². The average molecular weight is 282 g/mol. The zero-order chi connectivity index (χ0) is 14.3. The van der Waals surface area contributed by atoms with Crippen LogP contribution in [0.5, 0.6) is 0 Å². The van der Waals surface area contributed by atoms with E-state index in [4.69, 9.17) is 11.6 Å². The highest BCUT2D eigenvalue weighted by Crippen LogP contribution is 2.28. The summed E-state index contributed by atoms with van der Waals surface area (Å²) in [6.07, 6.45) is 1.77. The second-order valence-corrected chi connectivity index (χ2v) is 5.25. The smallest absolute Gasteiger partial charge is 0.152 e. The standard InChI is InChI=1S/C16H12ClN3/c1-10-3-4-13(11(2)7-10)16-14(9-18)20-6-5-12(17)8-15(20)19-16/h3-8H,1-2H3. The average Bonchev–Trinajstić information content (AvgIpc) is 2.75. The third-order valence-electron chi connectivity index (χ3n) is 3.33. The topological polar surface area (TPSA) is 41.1 Å². The lowest BCUT2D eigenvalue weighted by molar-refractivity contribution is 1.15. The Morgan fingerprint density at radius 3 is 2.70 bits per heavy atom. The summed E-state index contributed by atoms with van der Waals surface area (Å²) < 4.78 is 1.76. The van der Waals surface area contributed by atoms with Crippen LogP contribution in [0.4, 0.5) is 0 Å². The van der Waals surface area contributed by atoms with Crippen LogP contribution in [-0.4, -0.2) is 9.38 Å². The molecular formula is C16H12ClN3. The van der Waals surface area contributed by atoms with E-state index in [1.807, 2.05) is 26.0 Å². The van der Waals surface area contributed by atoms with Crippen LogP contribution in [0.15, 0.2) is 36.5 Å². The van der Waals surface area contributed by atoms with Crippen molar-refractivity contribution in [2.45, 2.75) is 13.8 Å². The number of aryl methyl sites for hydroxylation is 2. The van der Waals surface area contributed by atoms with Gasteiger partial charge in [-0.15, -0.1) is 0 Å². The van der Waals surface area contributed by atoms with E-state index in [2.05, 4.69) is 17.1 Å². The lowest BCUT2D eigenvalue weighted by Gasteiger charge is -2.04. The van der Waals surface area contributed by atoms with Gasteiger partial charge in [0, 0.05) is 22.8 Å². The summed E-state index contributed by atoms with van der Waals surface area (Å²) in [7, 11) is 0. The first kappa shape index (κ1) is 12.7. The molecule has 0 aliphatic heterocycles. The molecule has 2 aromatic heterocycles. The maximum absolute atomic E-state index is 9.44. The molecule has 0 atom stereocenters.